The van der Waals surface area contributed by atoms with Gasteiger partial charge in [-0.3, -0.25) is 4.79 Å². The van der Waals surface area contributed by atoms with Gasteiger partial charge in [-0.1, -0.05) is 25.7 Å². The number of nitrogens with one attached hydrogen (secondary N) is 2. The Morgan fingerprint density at radius 1 is 1.24 bits per heavy atom. The first-order chi connectivity index (χ1) is 8.33. The summed E-state index contributed by atoms with van der Waals surface area (Å²) in [5.74, 6) is 0.119. The van der Waals surface area contributed by atoms with Crippen LogP contribution in [0.5, 0.6) is 0 Å². The molecule has 1 aliphatic carbocycles. The van der Waals surface area contributed by atoms with Crippen LogP contribution in [0.25, 0.3) is 0 Å². The predicted molar refractivity (Wildman–Crippen MR) is 69.0 cm³/mol. The molecule has 100 valence electrons. The quantitative estimate of drug-likeness (QED) is 0.525. The fourth-order valence-electron chi connectivity index (χ4n) is 2.19. The standard InChI is InChI=1S/C13H26N2O2/c1-2-17-10-9-14-11-13(16)15-12-7-5-3-4-6-8-12/h12,14H,2-11H2,1H3,(H,15,16). The number of hydrogen-bond donors (Lipinski definition) is 2. The van der Waals surface area contributed by atoms with Crippen molar-refractivity contribution >= 4 is 5.91 Å². The van der Waals surface area contributed by atoms with Crippen LogP contribution in [0.15, 0.2) is 0 Å². The average molecular weight is 242 g/mol. The minimum absolute atomic E-state index is 0.119. The number of rotatable bonds is 7. The van der Waals surface area contributed by atoms with E-state index in [9.17, 15) is 4.79 Å². The second-order valence-electron chi connectivity index (χ2n) is 4.63. The Hall–Kier alpha value is -0.610. The molecule has 0 unspecified atom stereocenters. The molecule has 0 aliphatic heterocycles. The minimum atomic E-state index is 0.119. The van der Waals surface area contributed by atoms with Crippen LogP contribution < -0.4 is 10.6 Å². The first kappa shape index (κ1) is 14.5. The molecule has 0 aromatic carbocycles. The molecule has 2 N–H and O–H groups in total. The third-order valence-electron chi connectivity index (χ3n) is 3.13. The second-order valence-corrected chi connectivity index (χ2v) is 4.63. The van der Waals surface area contributed by atoms with Crippen LogP contribution in [-0.2, 0) is 9.53 Å². The van der Waals surface area contributed by atoms with Crippen molar-refractivity contribution in [1.29, 1.82) is 0 Å². The maximum absolute atomic E-state index is 11.6. The zero-order valence-electron chi connectivity index (χ0n) is 11.0. The number of carbonyl (C=O) groups is 1. The van der Waals surface area contributed by atoms with Crippen molar-refractivity contribution in [2.45, 2.75) is 51.5 Å². The molecular weight excluding hydrogens is 216 g/mol. The molecule has 0 aromatic rings. The van der Waals surface area contributed by atoms with Gasteiger partial charge >= 0.3 is 0 Å². The molecule has 4 heteroatoms. The highest BCUT2D eigenvalue weighted by atomic mass is 16.5. The lowest BCUT2D eigenvalue weighted by atomic mass is 10.1. The highest BCUT2D eigenvalue weighted by molar-refractivity contribution is 5.78. The van der Waals surface area contributed by atoms with Gasteiger partial charge in [0.15, 0.2) is 0 Å². The van der Waals surface area contributed by atoms with Crippen LogP contribution in [0, 0.1) is 0 Å². The molecule has 17 heavy (non-hydrogen) atoms. The van der Waals surface area contributed by atoms with E-state index in [1.165, 1.54) is 25.7 Å². The van der Waals surface area contributed by atoms with Crippen LogP contribution >= 0.6 is 0 Å². The van der Waals surface area contributed by atoms with E-state index in [0.29, 0.717) is 19.2 Å². The van der Waals surface area contributed by atoms with Gasteiger partial charge in [0.25, 0.3) is 0 Å². The smallest absolute Gasteiger partial charge is 0.234 e. The van der Waals surface area contributed by atoms with Crippen molar-refractivity contribution in [2.75, 3.05) is 26.3 Å². The van der Waals surface area contributed by atoms with Crippen molar-refractivity contribution in [3.05, 3.63) is 0 Å². The SMILES string of the molecule is CCOCCNCC(=O)NC1CCCCCC1. The Labute approximate surface area is 104 Å². The number of hydrogen-bond acceptors (Lipinski definition) is 3. The predicted octanol–water partition coefficient (Wildman–Crippen LogP) is 1.45. The van der Waals surface area contributed by atoms with E-state index in [0.717, 1.165) is 26.0 Å². The Bertz CT molecular complexity index is 202. The van der Waals surface area contributed by atoms with Gasteiger partial charge in [0.05, 0.1) is 13.2 Å². The summed E-state index contributed by atoms with van der Waals surface area (Å²) in [6.07, 6.45) is 7.43. The molecule has 0 heterocycles. The Morgan fingerprint density at radius 2 is 1.94 bits per heavy atom. The first-order valence-corrected chi connectivity index (χ1v) is 6.90. The highest BCUT2D eigenvalue weighted by Crippen LogP contribution is 2.16. The lowest BCUT2D eigenvalue weighted by molar-refractivity contribution is -0.121. The summed E-state index contributed by atoms with van der Waals surface area (Å²) in [5, 5.41) is 6.20. The van der Waals surface area contributed by atoms with E-state index in [1.54, 1.807) is 0 Å². The molecule has 0 spiro atoms. The third kappa shape index (κ3) is 7.34. The van der Waals surface area contributed by atoms with Gasteiger partial charge in [-0.2, -0.15) is 0 Å². The van der Waals surface area contributed by atoms with Gasteiger partial charge < -0.3 is 15.4 Å². The fourth-order valence-corrected chi connectivity index (χ4v) is 2.19. The summed E-state index contributed by atoms with van der Waals surface area (Å²) in [5.41, 5.74) is 0. The van der Waals surface area contributed by atoms with Crippen LogP contribution in [0.2, 0.25) is 0 Å². The Balaban J connectivity index is 2.03. The summed E-state index contributed by atoms with van der Waals surface area (Å²) in [7, 11) is 0. The third-order valence-corrected chi connectivity index (χ3v) is 3.13. The molecule has 0 atom stereocenters. The molecular formula is C13H26N2O2. The highest BCUT2D eigenvalue weighted by Gasteiger charge is 2.13. The molecule has 1 fully saturated rings. The summed E-state index contributed by atoms with van der Waals surface area (Å²) in [6.45, 7) is 4.53. The van der Waals surface area contributed by atoms with E-state index < -0.39 is 0 Å². The normalized spacial score (nSPS) is 17.7. The number of amides is 1. The van der Waals surface area contributed by atoms with E-state index in [1.807, 2.05) is 6.92 Å². The van der Waals surface area contributed by atoms with Crippen LogP contribution in [0.1, 0.15) is 45.4 Å². The van der Waals surface area contributed by atoms with Gasteiger partial charge in [-0.05, 0) is 19.8 Å². The lowest BCUT2D eigenvalue weighted by Gasteiger charge is -2.16. The van der Waals surface area contributed by atoms with E-state index in [4.69, 9.17) is 4.74 Å². The van der Waals surface area contributed by atoms with Crippen molar-refractivity contribution in [3.8, 4) is 0 Å². The van der Waals surface area contributed by atoms with Gasteiger partial charge in [0, 0.05) is 19.2 Å². The Kier molecular flexibility index (Phi) is 8.01. The van der Waals surface area contributed by atoms with E-state index >= 15 is 0 Å². The summed E-state index contributed by atoms with van der Waals surface area (Å²) in [4.78, 5) is 11.6. The molecule has 4 nitrogen and oxygen atoms in total. The molecule has 0 bridgehead atoms. The minimum Gasteiger partial charge on any atom is -0.380 e. The molecule has 0 radical (unpaired) electrons. The van der Waals surface area contributed by atoms with Crippen LogP contribution in [0.3, 0.4) is 0 Å². The average Bonchev–Trinajstić information content (AvgIpc) is 2.57. The molecule has 1 rings (SSSR count). The van der Waals surface area contributed by atoms with Crippen molar-refractivity contribution < 1.29 is 9.53 Å². The maximum Gasteiger partial charge on any atom is 0.234 e. The summed E-state index contributed by atoms with van der Waals surface area (Å²) in [6, 6.07) is 0.402. The van der Waals surface area contributed by atoms with Gasteiger partial charge in [0.1, 0.15) is 0 Å². The van der Waals surface area contributed by atoms with E-state index in [-0.39, 0.29) is 5.91 Å². The zero-order valence-corrected chi connectivity index (χ0v) is 11.0. The largest absolute Gasteiger partial charge is 0.380 e. The first-order valence-electron chi connectivity index (χ1n) is 6.90. The molecule has 0 saturated heterocycles. The van der Waals surface area contributed by atoms with Crippen molar-refractivity contribution in [2.24, 2.45) is 0 Å². The topological polar surface area (TPSA) is 50.4 Å². The number of carbonyl (C=O) groups excluding carboxylic acids is 1. The van der Waals surface area contributed by atoms with E-state index in [2.05, 4.69) is 10.6 Å². The van der Waals surface area contributed by atoms with Crippen molar-refractivity contribution in [3.63, 3.8) is 0 Å². The molecule has 1 amide bonds. The second kappa shape index (κ2) is 9.42. The molecule has 0 aromatic heterocycles. The monoisotopic (exact) mass is 242 g/mol. The van der Waals surface area contributed by atoms with Crippen LogP contribution in [0.4, 0.5) is 0 Å². The van der Waals surface area contributed by atoms with Gasteiger partial charge in [0.2, 0.25) is 5.91 Å². The maximum atomic E-state index is 11.6. The van der Waals surface area contributed by atoms with Crippen molar-refractivity contribution in [1.82, 2.24) is 10.6 Å². The summed E-state index contributed by atoms with van der Waals surface area (Å²) < 4.78 is 5.19. The number of ether oxygens (including phenoxy) is 1. The van der Waals surface area contributed by atoms with Crippen LogP contribution in [-0.4, -0.2) is 38.3 Å². The zero-order chi connectivity index (χ0) is 12.3. The fraction of sp³-hybridized carbons (Fsp3) is 0.923. The summed E-state index contributed by atoms with van der Waals surface area (Å²) >= 11 is 0. The molecule has 1 saturated carbocycles. The molecule has 1 aliphatic rings. The lowest BCUT2D eigenvalue weighted by Crippen LogP contribution is -2.40. The van der Waals surface area contributed by atoms with Gasteiger partial charge in [-0.15, -0.1) is 0 Å². The van der Waals surface area contributed by atoms with Gasteiger partial charge in [-0.25, -0.2) is 0 Å². The Morgan fingerprint density at radius 3 is 2.59 bits per heavy atom.